The molecule has 2 aromatic carbocycles. The third-order valence-corrected chi connectivity index (χ3v) is 5.19. The third kappa shape index (κ3) is 5.41. The van der Waals surface area contributed by atoms with Crippen molar-refractivity contribution < 1.29 is 14.0 Å². The third-order valence-electron chi connectivity index (χ3n) is 5.19. The lowest BCUT2D eigenvalue weighted by atomic mass is 10.0. The van der Waals surface area contributed by atoms with Crippen molar-refractivity contribution in [2.45, 2.75) is 6.04 Å². The molecule has 2 N–H and O–H groups in total. The predicted octanol–water partition coefficient (Wildman–Crippen LogP) is 1.74. The fourth-order valence-corrected chi connectivity index (χ4v) is 3.41. The number of para-hydroxylation sites is 1. The molecule has 1 heterocycles. The van der Waals surface area contributed by atoms with Gasteiger partial charge in [0.2, 0.25) is 0 Å². The Balaban J connectivity index is 1.67. The molecule has 0 radical (unpaired) electrons. The zero-order valence-electron chi connectivity index (χ0n) is 16.8. The molecule has 1 atom stereocenters. The Bertz CT molecular complexity index is 933. The summed E-state index contributed by atoms with van der Waals surface area (Å²) < 4.78 is 13.4. The SMILES string of the molecule is CN1CCN(C(CNC(=O)C(=O)Nc2ccccc2C#N)c2ccc(F)cc2)CC1. The van der Waals surface area contributed by atoms with Crippen LogP contribution in [0.15, 0.2) is 48.5 Å². The normalized spacial score (nSPS) is 15.8. The first-order valence-corrected chi connectivity index (χ1v) is 9.74. The first kappa shape index (κ1) is 21.4. The minimum absolute atomic E-state index is 0.178. The van der Waals surface area contributed by atoms with Crippen LogP contribution in [0.25, 0.3) is 0 Å². The van der Waals surface area contributed by atoms with E-state index in [1.807, 2.05) is 6.07 Å². The zero-order valence-corrected chi connectivity index (χ0v) is 16.8. The van der Waals surface area contributed by atoms with Crippen molar-refractivity contribution in [3.8, 4) is 6.07 Å². The molecule has 8 heteroatoms. The molecule has 1 aliphatic heterocycles. The summed E-state index contributed by atoms with van der Waals surface area (Å²) in [5.41, 5.74) is 1.44. The molecular weight excluding hydrogens is 385 g/mol. The van der Waals surface area contributed by atoms with Gasteiger partial charge in [-0.3, -0.25) is 14.5 Å². The summed E-state index contributed by atoms with van der Waals surface area (Å²) in [7, 11) is 2.05. The molecule has 2 aromatic rings. The smallest absolute Gasteiger partial charge is 0.313 e. The van der Waals surface area contributed by atoms with Gasteiger partial charge in [-0.2, -0.15) is 5.26 Å². The molecule has 30 heavy (non-hydrogen) atoms. The minimum Gasteiger partial charge on any atom is -0.346 e. The standard InChI is InChI=1S/C22H24FN5O2/c1-27-10-12-28(13-11-27)20(16-6-8-18(23)9-7-16)15-25-21(29)22(30)26-19-5-3-2-4-17(19)14-24/h2-9,20H,10-13,15H2,1H3,(H,25,29)(H,26,30). The lowest BCUT2D eigenvalue weighted by Crippen LogP contribution is -2.49. The van der Waals surface area contributed by atoms with Gasteiger partial charge in [0.25, 0.3) is 0 Å². The van der Waals surface area contributed by atoms with Gasteiger partial charge in [-0.15, -0.1) is 0 Å². The maximum atomic E-state index is 13.4. The number of piperazine rings is 1. The molecule has 7 nitrogen and oxygen atoms in total. The first-order chi connectivity index (χ1) is 14.5. The molecular formula is C22H24FN5O2. The molecule has 1 aliphatic rings. The molecule has 1 saturated heterocycles. The van der Waals surface area contributed by atoms with Crippen LogP contribution in [0.1, 0.15) is 17.2 Å². The van der Waals surface area contributed by atoms with Gasteiger partial charge >= 0.3 is 11.8 Å². The molecule has 156 valence electrons. The van der Waals surface area contributed by atoms with E-state index in [4.69, 9.17) is 5.26 Å². The number of likely N-dealkylation sites (N-methyl/N-ethyl adjacent to an activating group) is 1. The average Bonchev–Trinajstić information content (AvgIpc) is 2.76. The van der Waals surface area contributed by atoms with E-state index in [-0.39, 0.29) is 29.7 Å². The number of nitrogens with one attached hydrogen (secondary N) is 2. The van der Waals surface area contributed by atoms with E-state index in [0.29, 0.717) is 0 Å². The van der Waals surface area contributed by atoms with Gasteiger partial charge in [0.05, 0.1) is 17.3 Å². The van der Waals surface area contributed by atoms with Crippen molar-refractivity contribution in [2.24, 2.45) is 0 Å². The number of benzene rings is 2. The second kappa shape index (κ2) is 9.96. The van der Waals surface area contributed by atoms with Gasteiger partial charge < -0.3 is 15.5 Å². The van der Waals surface area contributed by atoms with E-state index in [1.54, 1.807) is 36.4 Å². The number of anilines is 1. The van der Waals surface area contributed by atoms with Crippen molar-refractivity contribution in [1.29, 1.82) is 5.26 Å². The number of rotatable bonds is 5. The van der Waals surface area contributed by atoms with Crippen LogP contribution in [0.3, 0.4) is 0 Å². The highest BCUT2D eigenvalue weighted by Gasteiger charge is 2.25. The Morgan fingerprint density at radius 2 is 1.73 bits per heavy atom. The number of hydrogen-bond donors (Lipinski definition) is 2. The molecule has 0 saturated carbocycles. The number of carbonyl (C=O) groups is 2. The van der Waals surface area contributed by atoms with Gasteiger partial charge in [0, 0.05) is 32.7 Å². The highest BCUT2D eigenvalue weighted by atomic mass is 19.1. The van der Waals surface area contributed by atoms with Crippen LogP contribution in [0.5, 0.6) is 0 Å². The Kier molecular flexibility index (Phi) is 7.12. The van der Waals surface area contributed by atoms with Crippen LogP contribution in [0.4, 0.5) is 10.1 Å². The monoisotopic (exact) mass is 409 g/mol. The van der Waals surface area contributed by atoms with Gasteiger partial charge in [0.15, 0.2) is 0 Å². The van der Waals surface area contributed by atoms with Crippen molar-refractivity contribution in [1.82, 2.24) is 15.1 Å². The largest absolute Gasteiger partial charge is 0.346 e. The quantitative estimate of drug-likeness (QED) is 0.735. The Hall–Kier alpha value is -3.28. The van der Waals surface area contributed by atoms with Crippen molar-refractivity contribution in [3.05, 3.63) is 65.5 Å². The maximum Gasteiger partial charge on any atom is 0.313 e. The molecule has 3 rings (SSSR count). The Labute approximate surface area is 175 Å². The zero-order chi connectivity index (χ0) is 21.5. The molecule has 1 fully saturated rings. The summed E-state index contributed by atoms with van der Waals surface area (Å²) >= 11 is 0. The van der Waals surface area contributed by atoms with E-state index in [2.05, 4.69) is 27.5 Å². The highest BCUT2D eigenvalue weighted by Crippen LogP contribution is 2.22. The molecule has 2 amide bonds. The minimum atomic E-state index is -0.839. The number of halogens is 1. The number of nitrogens with zero attached hydrogens (tertiary/aromatic N) is 3. The van der Waals surface area contributed by atoms with Crippen LogP contribution in [0, 0.1) is 17.1 Å². The van der Waals surface area contributed by atoms with E-state index in [1.165, 1.54) is 12.1 Å². The van der Waals surface area contributed by atoms with Crippen molar-refractivity contribution >= 4 is 17.5 Å². The summed E-state index contributed by atoms with van der Waals surface area (Å²) in [6.45, 7) is 3.59. The van der Waals surface area contributed by atoms with E-state index >= 15 is 0 Å². The van der Waals surface area contributed by atoms with Crippen LogP contribution < -0.4 is 10.6 Å². The second-order valence-corrected chi connectivity index (χ2v) is 7.23. The fraction of sp³-hybridized carbons (Fsp3) is 0.318. The highest BCUT2D eigenvalue weighted by molar-refractivity contribution is 6.39. The summed E-state index contributed by atoms with van der Waals surface area (Å²) in [6, 6.07) is 14.5. The van der Waals surface area contributed by atoms with E-state index in [9.17, 15) is 14.0 Å². The number of amides is 2. The van der Waals surface area contributed by atoms with Gasteiger partial charge in [0.1, 0.15) is 11.9 Å². The summed E-state index contributed by atoms with van der Waals surface area (Å²) in [6.07, 6.45) is 0. The van der Waals surface area contributed by atoms with Crippen molar-refractivity contribution in [3.63, 3.8) is 0 Å². The first-order valence-electron chi connectivity index (χ1n) is 9.74. The summed E-state index contributed by atoms with van der Waals surface area (Å²) in [5.74, 6) is -1.95. The Morgan fingerprint density at radius 3 is 2.40 bits per heavy atom. The van der Waals surface area contributed by atoms with Gasteiger partial charge in [-0.1, -0.05) is 24.3 Å². The summed E-state index contributed by atoms with van der Waals surface area (Å²) in [5, 5.41) is 14.3. The average molecular weight is 409 g/mol. The molecule has 1 unspecified atom stereocenters. The summed E-state index contributed by atoms with van der Waals surface area (Å²) in [4.78, 5) is 29.1. The lowest BCUT2D eigenvalue weighted by Gasteiger charge is -2.38. The van der Waals surface area contributed by atoms with Crippen LogP contribution in [-0.4, -0.2) is 61.4 Å². The lowest BCUT2D eigenvalue weighted by molar-refractivity contribution is -0.136. The van der Waals surface area contributed by atoms with Crippen LogP contribution in [-0.2, 0) is 9.59 Å². The fourth-order valence-electron chi connectivity index (χ4n) is 3.41. The Morgan fingerprint density at radius 1 is 1.07 bits per heavy atom. The molecule has 0 aromatic heterocycles. The van der Waals surface area contributed by atoms with E-state index in [0.717, 1.165) is 31.7 Å². The van der Waals surface area contributed by atoms with E-state index < -0.39 is 11.8 Å². The molecule has 0 bridgehead atoms. The number of carbonyl (C=O) groups excluding carboxylic acids is 2. The predicted molar refractivity (Wildman–Crippen MR) is 111 cm³/mol. The van der Waals surface area contributed by atoms with Crippen LogP contribution in [0.2, 0.25) is 0 Å². The maximum absolute atomic E-state index is 13.4. The van der Waals surface area contributed by atoms with Gasteiger partial charge in [-0.05, 0) is 36.9 Å². The van der Waals surface area contributed by atoms with Crippen molar-refractivity contribution in [2.75, 3.05) is 45.1 Å². The molecule has 0 spiro atoms. The second-order valence-electron chi connectivity index (χ2n) is 7.23. The number of hydrogen-bond acceptors (Lipinski definition) is 5. The van der Waals surface area contributed by atoms with Gasteiger partial charge in [-0.25, -0.2) is 4.39 Å². The number of nitriles is 1. The molecule has 0 aliphatic carbocycles. The topological polar surface area (TPSA) is 88.5 Å². The van der Waals surface area contributed by atoms with Crippen LogP contribution >= 0.6 is 0 Å².